The van der Waals surface area contributed by atoms with E-state index in [1.165, 1.54) is 23.5 Å². The summed E-state index contributed by atoms with van der Waals surface area (Å²) in [6.07, 6.45) is 0. The largest absolute Gasteiger partial charge is 0.317 e. The lowest BCUT2D eigenvalue weighted by molar-refractivity contribution is -0.384. The summed E-state index contributed by atoms with van der Waals surface area (Å²) in [5.74, 6) is 0.617. The molecule has 0 unspecified atom stereocenters. The van der Waals surface area contributed by atoms with Crippen LogP contribution in [0.2, 0.25) is 0 Å². The van der Waals surface area contributed by atoms with Crippen molar-refractivity contribution in [3.63, 3.8) is 0 Å². The highest BCUT2D eigenvalue weighted by molar-refractivity contribution is 7.99. The molecule has 0 aliphatic rings. The summed E-state index contributed by atoms with van der Waals surface area (Å²) < 4.78 is 2.63. The number of nitro benzene ring substituents is 1. The van der Waals surface area contributed by atoms with Gasteiger partial charge in [-0.25, -0.2) is 0 Å². The van der Waals surface area contributed by atoms with E-state index in [0.29, 0.717) is 16.9 Å². The van der Waals surface area contributed by atoms with E-state index in [0.717, 1.165) is 20.9 Å². The van der Waals surface area contributed by atoms with Gasteiger partial charge in [0.2, 0.25) is 0 Å². The highest BCUT2D eigenvalue weighted by Crippen LogP contribution is 2.23. The lowest BCUT2D eigenvalue weighted by atomic mass is 10.2. The highest BCUT2D eigenvalue weighted by atomic mass is 32.2. The van der Waals surface area contributed by atoms with Crippen LogP contribution >= 0.6 is 23.1 Å². The van der Waals surface area contributed by atoms with Gasteiger partial charge in [-0.2, -0.15) is 4.99 Å². The SMILES string of the molecule is CCSc1cccc(C(=O)N=c2sc3cc([N+](=O)[O-])ccc3n2CC)c1. The fraction of sp³-hybridized carbons (Fsp3) is 0.222. The van der Waals surface area contributed by atoms with Gasteiger partial charge in [0.1, 0.15) is 0 Å². The summed E-state index contributed by atoms with van der Waals surface area (Å²) in [7, 11) is 0. The number of carbonyl (C=O) groups is 1. The molecule has 0 N–H and O–H groups in total. The van der Waals surface area contributed by atoms with Crippen molar-refractivity contribution in [1.29, 1.82) is 0 Å². The third-order valence-electron chi connectivity index (χ3n) is 3.78. The number of fused-ring (bicyclic) bond motifs is 1. The average Bonchev–Trinajstić information content (AvgIpc) is 2.98. The molecule has 1 aromatic heterocycles. The molecular weight excluding hydrogens is 370 g/mol. The Balaban J connectivity index is 2.07. The van der Waals surface area contributed by atoms with E-state index in [4.69, 9.17) is 0 Å². The summed E-state index contributed by atoms with van der Waals surface area (Å²) in [5, 5.41) is 11.0. The quantitative estimate of drug-likeness (QED) is 0.367. The van der Waals surface area contributed by atoms with Crippen LogP contribution in [-0.2, 0) is 6.54 Å². The van der Waals surface area contributed by atoms with Crippen LogP contribution in [0.4, 0.5) is 5.69 Å². The van der Waals surface area contributed by atoms with Gasteiger partial charge < -0.3 is 4.57 Å². The molecule has 3 aromatic rings. The molecule has 0 saturated heterocycles. The molecule has 3 rings (SSSR count). The molecule has 0 spiro atoms. The molecule has 0 fully saturated rings. The molecule has 2 aromatic carbocycles. The summed E-state index contributed by atoms with van der Waals surface area (Å²) in [6, 6.07) is 12.1. The first-order chi connectivity index (χ1) is 12.5. The number of benzene rings is 2. The number of rotatable bonds is 5. The summed E-state index contributed by atoms with van der Waals surface area (Å²) >= 11 is 2.95. The molecule has 0 atom stereocenters. The fourth-order valence-electron chi connectivity index (χ4n) is 2.60. The number of carbonyl (C=O) groups excluding carboxylic acids is 1. The van der Waals surface area contributed by atoms with E-state index >= 15 is 0 Å². The Hall–Kier alpha value is -2.45. The minimum atomic E-state index is -0.422. The number of non-ortho nitro benzene ring substituents is 1. The van der Waals surface area contributed by atoms with E-state index in [2.05, 4.69) is 11.9 Å². The summed E-state index contributed by atoms with van der Waals surface area (Å²) in [5.41, 5.74) is 1.41. The van der Waals surface area contributed by atoms with Gasteiger partial charge in [-0.1, -0.05) is 24.3 Å². The van der Waals surface area contributed by atoms with Crippen LogP contribution in [0.25, 0.3) is 10.2 Å². The Morgan fingerprint density at radius 3 is 2.77 bits per heavy atom. The van der Waals surface area contributed by atoms with Crippen molar-refractivity contribution >= 4 is 44.9 Å². The van der Waals surface area contributed by atoms with Crippen LogP contribution < -0.4 is 4.80 Å². The minimum Gasteiger partial charge on any atom is -0.317 e. The van der Waals surface area contributed by atoms with Gasteiger partial charge in [0.25, 0.3) is 11.6 Å². The number of aromatic nitrogens is 1. The van der Waals surface area contributed by atoms with Gasteiger partial charge in [0.05, 0.1) is 15.1 Å². The molecule has 0 aliphatic heterocycles. The maximum Gasteiger partial charge on any atom is 0.279 e. The second-order valence-electron chi connectivity index (χ2n) is 5.42. The lowest BCUT2D eigenvalue weighted by Gasteiger charge is -2.01. The highest BCUT2D eigenvalue weighted by Gasteiger charge is 2.12. The van der Waals surface area contributed by atoms with E-state index in [1.807, 2.05) is 29.7 Å². The number of aryl methyl sites for hydroxylation is 1. The normalized spacial score (nSPS) is 11.8. The van der Waals surface area contributed by atoms with Crippen LogP contribution in [0.3, 0.4) is 0 Å². The second-order valence-corrected chi connectivity index (χ2v) is 7.76. The van der Waals surface area contributed by atoms with E-state index in [-0.39, 0.29) is 11.6 Å². The molecule has 0 radical (unpaired) electrons. The third kappa shape index (κ3) is 3.71. The maximum atomic E-state index is 12.6. The molecule has 26 heavy (non-hydrogen) atoms. The average molecular weight is 387 g/mol. The number of amides is 1. The van der Waals surface area contributed by atoms with Gasteiger partial charge >= 0.3 is 0 Å². The summed E-state index contributed by atoms with van der Waals surface area (Å²) in [4.78, 5) is 29.0. The van der Waals surface area contributed by atoms with Crippen LogP contribution in [0.5, 0.6) is 0 Å². The van der Waals surface area contributed by atoms with Crippen molar-refractivity contribution in [2.75, 3.05) is 5.75 Å². The zero-order valence-corrected chi connectivity index (χ0v) is 16.0. The Labute approximate surface area is 158 Å². The van der Waals surface area contributed by atoms with Crippen LogP contribution in [0.15, 0.2) is 52.4 Å². The second kappa shape index (κ2) is 7.84. The van der Waals surface area contributed by atoms with Crippen molar-refractivity contribution in [3.8, 4) is 0 Å². The third-order valence-corrected chi connectivity index (χ3v) is 5.70. The topological polar surface area (TPSA) is 77.5 Å². The van der Waals surface area contributed by atoms with Gasteiger partial charge in [-0.15, -0.1) is 11.8 Å². The Bertz CT molecular complexity index is 1050. The fourth-order valence-corrected chi connectivity index (χ4v) is 4.45. The standard InChI is InChI=1S/C18H17N3O3S2/c1-3-20-15-9-8-13(21(23)24)11-16(15)26-18(20)19-17(22)12-6-5-7-14(10-12)25-4-2/h5-11H,3-4H2,1-2H3. The predicted molar refractivity (Wildman–Crippen MR) is 105 cm³/mol. The summed E-state index contributed by atoms with van der Waals surface area (Å²) in [6.45, 7) is 4.63. The predicted octanol–water partition coefficient (Wildman–Crippen LogP) is 4.48. The Morgan fingerprint density at radius 2 is 2.08 bits per heavy atom. The van der Waals surface area contributed by atoms with Crippen LogP contribution in [0.1, 0.15) is 24.2 Å². The molecule has 1 amide bonds. The maximum absolute atomic E-state index is 12.6. The zero-order valence-electron chi connectivity index (χ0n) is 14.3. The molecule has 0 aliphatic carbocycles. The van der Waals surface area contributed by atoms with Crippen molar-refractivity contribution < 1.29 is 9.72 Å². The van der Waals surface area contributed by atoms with Crippen molar-refractivity contribution in [1.82, 2.24) is 4.57 Å². The zero-order chi connectivity index (χ0) is 18.7. The monoisotopic (exact) mass is 387 g/mol. The minimum absolute atomic E-state index is 0.0316. The number of hydrogen-bond donors (Lipinski definition) is 0. The van der Waals surface area contributed by atoms with Crippen LogP contribution in [-0.4, -0.2) is 21.2 Å². The van der Waals surface area contributed by atoms with Gasteiger partial charge in [-0.3, -0.25) is 14.9 Å². The Kier molecular flexibility index (Phi) is 5.53. The van der Waals surface area contributed by atoms with E-state index in [9.17, 15) is 14.9 Å². The van der Waals surface area contributed by atoms with E-state index < -0.39 is 4.92 Å². The molecule has 8 heteroatoms. The van der Waals surface area contributed by atoms with Crippen molar-refractivity contribution in [2.45, 2.75) is 25.3 Å². The lowest BCUT2D eigenvalue weighted by Crippen LogP contribution is -2.15. The van der Waals surface area contributed by atoms with Gasteiger partial charge in [0, 0.05) is 29.1 Å². The molecule has 134 valence electrons. The first kappa shape index (κ1) is 18.3. The molecule has 6 nitrogen and oxygen atoms in total. The molecule has 1 heterocycles. The molecule has 0 saturated carbocycles. The number of hydrogen-bond acceptors (Lipinski definition) is 5. The van der Waals surface area contributed by atoms with Gasteiger partial charge in [-0.05, 0) is 36.9 Å². The molecule has 0 bridgehead atoms. The van der Waals surface area contributed by atoms with Gasteiger partial charge in [0.15, 0.2) is 4.80 Å². The van der Waals surface area contributed by atoms with Crippen molar-refractivity contribution in [2.24, 2.45) is 4.99 Å². The molecular formula is C18H17N3O3S2. The first-order valence-electron chi connectivity index (χ1n) is 8.13. The van der Waals surface area contributed by atoms with Crippen molar-refractivity contribution in [3.05, 3.63) is 62.9 Å². The van der Waals surface area contributed by atoms with Crippen LogP contribution in [0, 0.1) is 10.1 Å². The van der Waals surface area contributed by atoms with E-state index in [1.54, 1.807) is 23.9 Å². The number of nitro groups is 1. The Morgan fingerprint density at radius 1 is 1.27 bits per heavy atom. The number of thioether (sulfide) groups is 1. The smallest absolute Gasteiger partial charge is 0.279 e. The number of nitrogens with zero attached hydrogens (tertiary/aromatic N) is 3. The number of thiazole rings is 1. The first-order valence-corrected chi connectivity index (χ1v) is 9.93.